The summed E-state index contributed by atoms with van der Waals surface area (Å²) in [6, 6.07) is 13.5. The van der Waals surface area contributed by atoms with E-state index in [9.17, 15) is 0 Å². The van der Waals surface area contributed by atoms with Gasteiger partial charge in [0, 0.05) is 17.4 Å². The molecule has 0 bridgehead atoms. The molecule has 0 spiro atoms. The van der Waals surface area contributed by atoms with E-state index in [0.717, 1.165) is 11.3 Å². The van der Waals surface area contributed by atoms with E-state index in [2.05, 4.69) is 25.3 Å². The highest BCUT2D eigenvalue weighted by atomic mass is 16.5. The second-order valence-electron chi connectivity index (χ2n) is 5.59. The maximum absolute atomic E-state index is 6.14. The van der Waals surface area contributed by atoms with Gasteiger partial charge in [-0.05, 0) is 24.3 Å². The number of nitrogen functional groups attached to an aromatic ring is 1. The van der Waals surface area contributed by atoms with Gasteiger partial charge in [0.15, 0.2) is 5.82 Å². The van der Waals surface area contributed by atoms with E-state index in [1.807, 2.05) is 42.5 Å². The van der Waals surface area contributed by atoms with E-state index < -0.39 is 0 Å². The SMILES string of the molecule is COc1cncc2nc(-c3ccnc(Nc4ccccc4)c3)nc(N)c12. The van der Waals surface area contributed by atoms with Gasteiger partial charge in [0.1, 0.15) is 17.4 Å². The smallest absolute Gasteiger partial charge is 0.162 e. The summed E-state index contributed by atoms with van der Waals surface area (Å²) in [7, 11) is 1.56. The van der Waals surface area contributed by atoms with Crippen molar-refractivity contribution in [3.8, 4) is 17.1 Å². The number of nitrogens with two attached hydrogens (primary N) is 1. The van der Waals surface area contributed by atoms with Gasteiger partial charge in [0.05, 0.1) is 30.4 Å². The van der Waals surface area contributed by atoms with Gasteiger partial charge in [-0.1, -0.05) is 18.2 Å². The van der Waals surface area contributed by atoms with Crippen LogP contribution in [0.15, 0.2) is 61.1 Å². The summed E-state index contributed by atoms with van der Waals surface area (Å²) < 4.78 is 5.30. The van der Waals surface area contributed by atoms with Crippen LogP contribution in [0.3, 0.4) is 0 Å². The van der Waals surface area contributed by atoms with Crippen LogP contribution >= 0.6 is 0 Å². The lowest BCUT2D eigenvalue weighted by Crippen LogP contribution is -2.01. The van der Waals surface area contributed by atoms with Crippen LogP contribution in [-0.2, 0) is 0 Å². The Hall–Kier alpha value is -3.74. The molecule has 0 radical (unpaired) electrons. The Balaban J connectivity index is 1.75. The van der Waals surface area contributed by atoms with Crippen molar-refractivity contribution in [3.05, 3.63) is 61.1 Å². The number of anilines is 3. The fraction of sp³-hybridized carbons (Fsp3) is 0.0526. The normalized spacial score (nSPS) is 10.7. The number of pyridine rings is 2. The number of para-hydroxylation sites is 1. The zero-order chi connectivity index (χ0) is 17.9. The lowest BCUT2D eigenvalue weighted by atomic mass is 10.2. The zero-order valence-electron chi connectivity index (χ0n) is 14.0. The van der Waals surface area contributed by atoms with Gasteiger partial charge < -0.3 is 15.8 Å². The summed E-state index contributed by atoms with van der Waals surface area (Å²) in [5, 5.41) is 3.91. The third-order valence-corrected chi connectivity index (χ3v) is 3.88. The first-order valence-electron chi connectivity index (χ1n) is 7.98. The maximum atomic E-state index is 6.14. The molecular formula is C19H16N6O. The van der Waals surface area contributed by atoms with Crippen LogP contribution in [0.1, 0.15) is 0 Å². The highest BCUT2D eigenvalue weighted by Gasteiger charge is 2.12. The Morgan fingerprint density at radius 3 is 2.69 bits per heavy atom. The van der Waals surface area contributed by atoms with Crippen molar-refractivity contribution in [2.45, 2.75) is 0 Å². The molecule has 0 amide bonds. The fourth-order valence-corrected chi connectivity index (χ4v) is 2.67. The summed E-state index contributed by atoms with van der Waals surface area (Å²) in [5.74, 6) is 2.09. The number of rotatable bonds is 4. The third-order valence-electron chi connectivity index (χ3n) is 3.88. The number of benzene rings is 1. The molecule has 1 aromatic carbocycles. The van der Waals surface area contributed by atoms with Crippen LogP contribution in [0.25, 0.3) is 22.3 Å². The predicted molar refractivity (Wildman–Crippen MR) is 101 cm³/mol. The first-order chi connectivity index (χ1) is 12.7. The van der Waals surface area contributed by atoms with Gasteiger partial charge in [-0.15, -0.1) is 0 Å². The van der Waals surface area contributed by atoms with E-state index in [1.165, 1.54) is 0 Å². The molecule has 3 N–H and O–H groups in total. The lowest BCUT2D eigenvalue weighted by Gasteiger charge is -2.10. The molecule has 7 heteroatoms. The van der Waals surface area contributed by atoms with Crippen molar-refractivity contribution < 1.29 is 4.74 Å². The van der Waals surface area contributed by atoms with E-state index in [0.29, 0.717) is 34.1 Å². The van der Waals surface area contributed by atoms with Gasteiger partial charge in [0.2, 0.25) is 0 Å². The molecule has 0 fully saturated rings. The Bertz CT molecular complexity index is 1070. The summed E-state index contributed by atoms with van der Waals surface area (Å²) in [4.78, 5) is 17.5. The molecule has 128 valence electrons. The quantitative estimate of drug-likeness (QED) is 0.585. The topological polar surface area (TPSA) is 98.8 Å². The van der Waals surface area contributed by atoms with Crippen molar-refractivity contribution in [1.82, 2.24) is 19.9 Å². The Labute approximate surface area is 149 Å². The van der Waals surface area contributed by atoms with Crippen LogP contribution in [0.5, 0.6) is 5.75 Å². The number of fused-ring (bicyclic) bond motifs is 1. The van der Waals surface area contributed by atoms with Crippen LogP contribution in [-0.4, -0.2) is 27.0 Å². The summed E-state index contributed by atoms with van der Waals surface area (Å²) in [5.41, 5.74) is 8.52. The van der Waals surface area contributed by atoms with Gasteiger partial charge in [0.25, 0.3) is 0 Å². The summed E-state index contributed by atoms with van der Waals surface area (Å²) in [6.45, 7) is 0. The minimum atomic E-state index is 0.346. The van der Waals surface area contributed by atoms with E-state index >= 15 is 0 Å². The molecule has 0 saturated carbocycles. The highest BCUT2D eigenvalue weighted by molar-refractivity contribution is 5.94. The Morgan fingerprint density at radius 1 is 1.04 bits per heavy atom. The van der Waals surface area contributed by atoms with Gasteiger partial charge >= 0.3 is 0 Å². The molecule has 0 saturated heterocycles. The number of ether oxygens (including phenoxy) is 1. The van der Waals surface area contributed by atoms with Crippen molar-refractivity contribution >= 4 is 28.2 Å². The van der Waals surface area contributed by atoms with Crippen LogP contribution in [0.2, 0.25) is 0 Å². The molecular weight excluding hydrogens is 328 g/mol. The lowest BCUT2D eigenvalue weighted by molar-refractivity contribution is 0.418. The fourth-order valence-electron chi connectivity index (χ4n) is 2.67. The number of nitrogens with one attached hydrogen (secondary N) is 1. The average Bonchev–Trinajstić information content (AvgIpc) is 2.68. The second-order valence-corrected chi connectivity index (χ2v) is 5.59. The molecule has 0 atom stereocenters. The first kappa shape index (κ1) is 15.8. The average molecular weight is 344 g/mol. The molecule has 26 heavy (non-hydrogen) atoms. The minimum absolute atomic E-state index is 0.346. The molecule has 3 aromatic heterocycles. The Kier molecular flexibility index (Phi) is 4.03. The first-order valence-corrected chi connectivity index (χ1v) is 7.98. The van der Waals surface area contributed by atoms with Crippen molar-refractivity contribution in [2.75, 3.05) is 18.2 Å². The summed E-state index contributed by atoms with van der Waals surface area (Å²) in [6.07, 6.45) is 4.94. The molecule has 4 aromatic rings. The molecule has 4 rings (SSSR count). The van der Waals surface area contributed by atoms with Crippen LogP contribution in [0.4, 0.5) is 17.3 Å². The predicted octanol–water partition coefficient (Wildman–Crippen LogP) is 3.42. The van der Waals surface area contributed by atoms with Gasteiger partial charge in [-0.2, -0.15) is 0 Å². The molecule has 0 unspecified atom stereocenters. The third kappa shape index (κ3) is 2.98. The second kappa shape index (κ2) is 6.64. The molecule has 0 aliphatic heterocycles. The Morgan fingerprint density at radius 2 is 1.88 bits per heavy atom. The van der Waals surface area contributed by atoms with Crippen LogP contribution in [0, 0.1) is 0 Å². The number of aromatic nitrogens is 4. The van der Waals surface area contributed by atoms with E-state index in [-0.39, 0.29) is 0 Å². The zero-order valence-corrected chi connectivity index (χ0v) is 14.0. The number of nitrogens with zero attached hydrogens (tertiary/aromatic N) is 4. The molecule has 0 aliphatic carbocycles. The van der Waals surface area contributed by atoms with Gasteiger partial charge in [-0.25, -0.2) is 15.0 Å². The monoisotopic (exact) mass is 344 g/mol. The number of hydrogen-bond donors (Lipinski definition) is 2. The van der Waals surface area contributed by atoms with E-state index in [4.69, 9.17) is 10.5 Å². The van der Waals surface area contributed by atoms with Crippen molar-refractivity contribution in [2.24, 2.45) is 0 Å². The minimum Gasteiger partial charge on any atom is -0.494 e. The molecule has 3 heterocycles. The highest BCUT2D eigenvalue weighted by Crippen LogP contribution is 2.30. The van der Waals surface area contributed by atoms with Crippen LogP contribution < -0.4 is 15.8 Å². The molecule has 7 nitrogen and oxygen atoms in total. The van der Waals surface area contributed by atoms with Crippen molar-refractivity contribution in [3.63, 3.8) is 0 Å². The number of hydrogen-bond acceptors (Lipinski definition) is 7. The molecule has 0 aliphatic rings. The number of methoxy groups -OCH3 is 1. The standard InChI is InChI=1S/C19H16N6O/c1-26-15-11-21-10-14-17(15)18(20)25-19(24-14)12-7-8-22-16(9-12)23-13-5-3-2-4-6-13/h2-11H,1H3,(H,22,23)(H2,20,24,25). The van der Waals surface area contributed by atoms with Crippen molar-refractivity contribution in [1.29, 1.82) is 0 Å². The van der Waals surface area contributed by atoms with E-state index in [1.54, 1.807) is 25.7 Å². The van der Waals surface area contributed by atoms with Gasteiger partial charge in [-0.3, -0.25) is 4.98 Å². The maximum Gasteiger partial charge on any atom is 0.162 e. The summed E-state index contributed by atoms with van der Waals surface area (Å²) >= 11 is 0. The largest absolute Gasteiger partial charge is 0.494 e.